The van der Waals surface area contributed by atoms with Gasteiger partial charge in [0.25, 0.3) is 0 Å². The van der Waals surface area contributed by atoms with E-state index in [0.717, 1.165) is 24.8 Å². The van der Waals surface area contributed by atoms with Gasteiger partial charge in [-0.2, -0.15) is 5.26 Å². The van der Waals surface area contributed by atoms with E-state index < -0.39 is 0 Å². The van der Waals surface area contributed by atoms with Gasteiger partial charge in [0.2, 0.25) is 0 Å². The van der Waals surface area contributed by atoms with Crippen LogP contribution >= 0.6 is 47.8 Å². The van der Waals surface area contributed by atoms with Crippen LogP contribution in [0.5, 0.6) is 0 Å². The molecule has 0 amide bonds. The van der Waals surface area contributed by atoms with Gasteiger partial charge in [-0.25, -0.2) is 0 Å². The summed E-state index contributed by atoms with van der Waals surface area (Å²) in [6.45, 7) is 0.596. The molecule has 0 aliphatic rings. The Kier molecular flexibility index (Phi) is 4.97. The van der Waals surface area contributed by atoms with Gasteiger partial charge >= 0.3 is 0 Å². The number of hydrogen-bond acceptors (Lipinski definition) is 3. The molecule has 0 spiro atoms. The second-order valence-corrected chi connectivity index (χ2v) is 6.37. The largest absolute Gasteiger partial charge is 0.378 e. The van der Waals surface area contributed by atoms with Gasteiger partial charge in [0.1, 0.15) is 0 Å². The highest BCUT2D eigenvalue weighted by atomic mass is 79.9. The lowest BCUT2D eigenvalue weighted by atomic mass is 10.2. The van der Waals surface area contributed by atoms with Crippen molar-refractivity contribution in [1.82, 2.24) is 4.98 Å². The molecular weight excluding hydrogens is 438 g/mol. The van der Waals surface area contributed by atoms with Crippen LogP contribution in [0, 0.1) is 11.3 Å². The lowest BCUT2D eigenvalue weighted by Crippen LogP contribution is -2.03. The van der Waals surface area contributed by atoms with E-state index in [-0.39, 0.29) is 0 Å². The summed E-state index contributed by atoms with van der Waals surface area (Å²) in [5.41, 5.74) is 2.47. The fourth-order valence-electron chi connectivity index (χ4n) is 1.48. The summed E-state index contributed by atoms with van der Waals surface area (Å²) in [5.74, 6) is 0. The monoisotopic (exact) mass is 443 g/mol. The number of halogens is 3. The van der Waals surface area contributed by atoms with Crippen LogP contribution in [0.3, 0.4) is 0 Å². The van der Waals surface area contributed by atoms with Crippen molar-refractivity contribution in [1.29, 1.82) is 5.26 Å². The number of nitrogens with one attached hydrogen (secondary N) is 1. The summed E-state index contributed by atoms with van der Waals surface area (Å²) in [7, 11) is 0. The fraction of sp³-hybridized carbons (Fsp3) is 0.0769. The topological polar surface area (TPSA) is 48.7 Å². The summed E-state index contributed by atoms with van der Waals surface area (Å²) in [4.78, 5) is 4.33. The van der Waals surface area contributed by atoms with Crippen molar-refractivity contribution < 1.29 is 0 Å². The first-order chi connectivity index (χ1) is 9.10. The Labute approximate surface area is 136 Å². The highest BCUT2D eigenvalue weighted by molar-refractivity contribution is 9.11. The molecule has 0 unspecified atom stereocenters. The molecule has 0 atom stereocenters. The van der Waals surface area contributed by atoms with E-state index in [1.54, 1.807) is 18.3 Å². The molecule has 1 heterocycles. The van der Waals surface area contributed by atoms with Crippen molar-refractivity contribution in [2.24, 2.45) is 0 Å². The number of nitrogens with zero attached hydrogens (tertiary/aromatic N) is 2. The van der Waals surface area contributed by atoms with Gasteiger partial charge in [-0.1, -0.05) is 0 Å². The second kappa shape index (κ2) is 6.51. The van der Waals surface area contributed by atoms with Crippen LogP contribution in [0.25, 0.3) is 0 Å². The first-order valence-electron chi connectivity index (χ1n) is 5.33. The summed E-state index contributed by atoms with van der Waals surface area (Å²) in [6, 6.07) is 9.49. The van der Waals surface area contributed by atoms with Crippen molar-refractivity contribution >= 4 is 53.5 Å². The Morgan fingerprint density at radius 1 is 1.16 bits per heavy atom. The molecule has 0 fully saturated rings. The molecule has 2 aromatic rings. The Bertz CT molecular complexity index is 650. The number of rotatable bonds is 3. The molecule has 6 heteroatoms. The van der Waals surface area contributed by atoms with Gasteiger partial charge in [-0.3, -0.25) is 4.98 Å². The molecule has 0 aliphatic heterocycles. The Balaban J connectivity index is 2.13. The van der Waals surface area contributed by atoms with Crippen molar-refractivity contribution in [3.63, 3.8) is 0 Å². The van der Waals surface area contributed by atoms with Crippen LogP contribution in [0.1, 0.15) is 11.3 Å². The third-order valence-corrected chi connectivity index (χ3v) is 4.20. The van der Waals surface area contributed by atoms with Gasteiger partial charge in [0.15, 0.2) is 0 Å². The average Bonchev–Trinajstić information content (AvgIpc) is 2.39. The molecule has 0 radical (unpaired) electrons. The Morgan fingerprint density at radius 3 is 2.58 bits per heavy atom. The van der Waals surface area contributed by atoms with Crippen molar-refractivity contribution in [3.8, 4) is 6.07 Å². The standard InChI is InChI=1S/C13H8Br3N3/c14-9-4-11(16)13(18-6-9)7-19-12-2-1-8(5-17)3-10(12)15/h1-4,6,19H,7H2. The zero-order valence-corrected chi connectivity index (χ0v) is 14.4. The third-order valence-electron chi connectivity index (χ3n) is 2.43. The zero-order valence-electron chi connectivity index (χ0n) is 9.62. The molecule has 0 bridgehead atoms. The number of benzene rings is 1. The van der Waals surface area contributed by atoms with E-state index in [4.69, 9.17) is 5.26 Å². The minimum atomic E-state index is 0.596. The van der Waals surface area contributed by atoms with Crippen LogP contribution in [0.4, 0.5) is 5.69 Å². The van der Waals surface area contributed by atoms with Crippen LogP contribution in [-0.2, 0) is 6.54 Å². The van der Waals surface area contributed by atoms with Crippen LogP contribution in [0.2, 0.25) is 0 Å². The minimum Gasteiger partial charge on any atom is -0.378 e. The predicted molar refractivity (Wildman–Crippen MR) is 85.8 cm³/mol. The molecule has 96 valence electrons. The maximum Gasteiger partial charge on any atom is 0.0992 e. The smallest absolute Gasteiger partial charge is 0.0992 e. The molecule has 0 saturated carbocycles. The maximum absolute atomic E-state index is 8.81. The van der Waals surface area contributed by atoms with Gasteiger partial charge in [-0.05, 0) is 72.1 Å². The van der Waals surface area contributed by atoms with Crippen LogP contribution in [0.15, 0.2) is 43.9 Å². The van der Waals surface area contributed by atoms with Crippen molar-refractivity contribution in [2.45, 2.75) is 6.54 Å². The lowest BCUT2D eigenvalue weighted by Gasteiger charge is -2.09. The van der Waals surface area contributed by atoms with E-state index in [0.29, 0.717) is 12.1 Å². The fourth-order valence-corrected chi connectivity index (χ4v) is 3.13. The van der Waals surface area contributed by atoms with Gasteiger partial charge in [0.05, 0.1) is 23.9 Å². The molecule has 1 aromatic heterocycles. The van der Waals surface area contributed by atoms with E-state index in [2.05, 4.69) is 64.2 Å². The van der Waals surface area contributed by atoms with Gasteiger partial charge in [-0.15, -0.1) is 0 Å². The third kappa shape index (κ3) is 3.78. The molecular formula is C13H8Br3N3. The van der Waals surface area contributed by atoms with E-state index >= 15 is 0 Å². The molecule has 1 aromatic carbocycles. The maximum atomic E-state index is 8.81. The first-order valence-corrected chi connectivity index (χ1v) is 7.71. The number of pyridine rings is 1. The highest BCUT2D eigenvalue weighted by Crippen LogP contribution is 2.25. The quantitative estimate of drug-likeness (QED) is 0.734. The molecule has 3 nitrogen and oxygen atoms in total. The van der Waals surface area contributed by atoms with Crippen molar-refractivity contribution in [2.75, 3.05) is 5.32 Å². The van der Waals surface area contributed by atoms with E-state index in [9.17, 15) is 0 Å². The average molecular weight is 446 g/mol. The first kappa shape index (κ1) is 14.5. The highest BCUT2D eigenvalue weighted by Gasteiger charge is 2.05. The number of anilines is 1. The summed E-state index contributed by atoms with van der Waals surface area (Å²) in [6.07, 6.45) is 1.76. The zero-order chi connectivity index (χ0) is 13.8. The number of nitriles is 1. The number of hydrogen-bond donors (Lipinski definition) is 1. The summed E-state index contributed by atoms with van der Waals surface area (Å²) in [5, 5.41) is 12.1. The predicted octanol–water partition coefficient (Wildman–Crippen LogP) is 4.85. The molecule has 2 rings (SSSR count). The normalized spacial score (nSPS) is 10.0. The molecule has 0 saturated heterocycles. The van der Waals surface area contributed by atoms with Crippen molar-refractivity contribution in [3.05, 3.63) is 55.1 Å². The molecule has 1 N–H and O–H groups in total. The molecule has 0 aliphatic carbocycles. The van der Waals surface area contributed by atoms with Crippen LogP contribution < -0.4 is 5.32 Å². The van der Waals surface area contributed by atoms with Gasteiger partial charge in [0, 0.05) is 25.3 Å². The lowest BCUT2D eigenvalue weighted by molar-refractivity contribution is 1.03. The summed E-state index contributed by atoms with van der Waals surface area (Å²) >= 11 is 10.3. The molecule has 19 heavy (non-hydrogen) atoms. The van der Waals surface area contributed by atoms with E-state index in [1.807, 2.05) is 12.1 Å². The van der Waals surface area contributed by atoms with Crippen LogP contribution in [-0.4, -0.2) is 4.98 Å². The second-order valence-electron chi connectivity index (χ2n) is 3.74. The minimum absolute atomic E-state index is 0.596. The Hall–Kier alpha value is -0.900. The Morgan fingerprint density at radius 2 is 1.95 bits per heavy atom. The SMILES string of the molecule is N#Cc1ccc(NCc2ncc(Br)cc2Br)c(Br)c1. The van der Waals surface area contributed by atoms with Gasteiger partial charge < -0.3 is 5.32 Å². The summed E-state index contributed by atoms with van der Waals surface area (Å²) < 4.78 is 2.74. The van der Waals surface area contributed by atoms with E-state index in [1.165, 1.54) is 0 Å². The number of aromatic nitrogens is 1.